The molecule has 1 aliphatic heterocycles. The van der Waals surface area contributed by atoms with Crippen LogP contribution in [-0.2, 0) is 0 Å². The maximum Gasteiger partial charge on any atom is 0.443 e. The molecule has 4 aromatic heterocycles. The van der Waals surface area contributed by atoms with Gasteiger partial charge in [0.25, 0.3) is 0 Å². The average molecular weight is 778 g/mol. The topological polar surface area (TPSA) is 52.4 Å². The first-order valence-electron chi connectivity index (χ1n) is 32.7. The number of para-hydroxylation sites is 5. The average Bonchev–Trinajstić information content (AvgIpc) is 1.64. The molecule has 0 saturated heterocycles. The smallest absolute Gasteiger partial charge is 0.309 e. The van der Waals surface area contributed by atoms with Crippen LogP contribution in [-0.4, -0.2) is 32.2 Å². The van der Waals surface area contributed by atoms with Crippen LogP contribution in [0.5, 0.6) is 0 Å². The van der Waals surface area contributed by atoms with Gasteiger partial charge in [-0.2, -0.15) is 4.98 Å². The third-order valence-electron chi connectivity index (χ3n) is 9.51. The highest BCUT2D eigenvalue weighted by Crippen LogP contribution is 2.36. The summed E-state index contributed by atoms with van der Waals surface area (Å²) in [6.07, 6.45) is -2.21. The molecule has 0 N–H and O–H groups in total. The summed E-state index contributed by atoms with van der Waals surface area (Å²) in [5, 5.41) is -5.79. The summed E-state index contributed by atoms with van der Waals surface area (Å²) < 4.78 is 297. The first-order valence-corrected chi connectivity index (χ1v) is 18.7. The van der Waals surface area contributed by atoms with E-state index in [-0.39, 0.29) is 0 Å². The van der Waals surface area contributed by atoms with Crippen molar-refractivity contribution in [3.8, 4) is 29.0 Å². The Kier molecular flexibility index (Phi) is 2.93. The third-order valence-corrected chi connectivity index (χ3v) is 13.7. The van der Waals surface area contributed by atoms with Gasteiger partial charge in [0.05, 0.1) is 75.5 Å². The van der Waals surface area contributed by atoms with Crippen LogP contribution in [0.2, 0.25) is 0 Å². The van der Waals surface area contributed by atoms with Gasteiger partial charge in [0.2, 0.25) is 5.82 Å². The number of hydrogen-bond acceptors (Lipinski definition) is 3. The van der Waals surface area contributed by atoms with E-state index in [4.69, 9.17) is 21.9 Å². The molecule has 0 radical (unpaired) electrons. The quantitative estimate of drug-likeness (QED) is 0.133. The van der Waals surface area contributed by atoms with E-state index in [1.54, 1.807) is 0 Å². The van der Waals surface area contributed by atoms with Gasteiger partial charge in [0, 0.05) is 32.8 Å². The molecule has 0 aliphatic carbocycles. The Hall–Kier alpha value is -7.48. The molecule has 11 aromatic rings. The van der Waals surface area contributed by atoms with E-state index in [1.807, 2.05) is 0 Å². The van der Waals surface area contributed by atoms with Crippen LogP contribution < -0.4 is 25.3 Å². The van der Waals surface area contributed by atoms with Gasteiger partial charge in [-0.3, -0.25) is 4.57 Å². The van der Waals surface area contributed by atoms with E-state index in [2.05, 4.69) is 15.0 Å². The first kappa shape index (κ1) is 13.6. The molecular weight excluding hydrogens is 713 g/mol. The minimum absolute atomic E-state index is 0.372. The summed E-state index contributed by atoms with van der Waals surface area (Å²) in [6, 6.07) is -29.4. The van der Waals surface area contributed by atoms with Gasteiger partial charge in [-0.15, -0.1) is 0 Å². The zero-order chi connectivity index (χ0) is 65.4. The van der Waals surface area contributed by atoms with Crippen LogP contribution in [0.15, 0.2) is 200 Å². The Bertz CT molecular complexity index is 5150. The van der Waals surface area contributed by atoms with Crippen LogP contribution in [0, 0.1) is 0 Å². The lowest BCUT2D eigenvalue weighted by Gasteiger charge is -2.39. The van der Waals surface area contributed by atoms with Crippen LogP contribution in [0.1, 0.15) is 43.9 Å². The summed E-state index contributed by atoms with van der Waals surface area (Å²) in [6.45, 7) is 0. The Morgan fingerprint density at radius 3 is 1.88 bits per heavy atom. The second kappa shape index (κ2) is 12.3. The van der Waals surface area contributed by atoms with Crippen molar-refractivity contribution in [2.75, 3.05) is 0 Å². The minimum atomic E-state index is -6.19. The summed E-state index contributed by atoms with van der Waals surface area (Å²) in [5.41, 5.74) is -4.43. The monoisotopic (exact) mass is 777 g/mol. The fraction of sp³-hybridized carbons (Fsp3) is 0. The van der Waals surface area contributed by atoms with Crippen LogP contribution in [0.3, 0.4) is 0 Å². The third kappa shape index (κ3) is 4.51. The second-order valence-electron chi connectivity index (χ2n) is 12.3. The van der Waals surface area contributed by atoms with Crippen LogP contribution >= 0.6 is 0 Å². The van der Waals surface area contributed by atoms with Crippen molar-refractivity contribution in [1.29, 1.82) is 0 Å². The van der Waals surface area contributed by atoms with Crippen molar-refractivity contribution in [3.05, 3.63) is 200 Å². The molecule has 1 aliphatic rings. The molecule has 0 fully saturated rings. The van der Waals surface area contributed by atoms with Gasteiger partial charge in [-0.25, -0.2) is 4.57 Å². The maximum absolute atomic E-state index is 10.6. The fourth-order valence-electron chi connectivity index (χ4n) is 7.30. The Morgan fingerprint density at radius 1 is 0.474 bits per heavy atom. The highest BCUT2D eigenvalue weighted by atomic mass is 28.3. The maximum atomic E-state index is 10.6. The minimum Gasteiger partial charge on any atom is -0.309 e. The number of aromatic nitrogens is 6. The molecule has 1 unspecified atom stereocenters. The lowest BCUT2D eigenvalue weighted by Crippen LogP contribution is -2.76. The van der Waals surface area contributed by atoms with E-state index in [0.717, 1.165) is 10.6 Å². The van der Waals surface area contributed by atoms with E-state index >= 15 is 0 Å². The molecule has 1 atom stereocenters. The standard InChI is InChI=1S/C50H33N6Si/c1-3-18-35(19-4-1)57(45-29-12-11-28-44(45)55-41-25-8-7-23-39(41)40-24-16-30-46(57)47(40)55)36-20-15-17-34(33-36)48-51-49(54-31-13-2-14-32-54)53-50(52-48)56-42-26-9-5-21-37(42)38-22-6-10-27-43(38)56/h1-33H/q+1/i1D,2D,3D,5D,6D,7D,8D,9D,10D,11D,12D,13D,14D,15D,16D,17D,18D,19D,20D,21D,22D,23D,24D,25D,26D,27D,28D,29D,30D,31D,32D,33D. The Balaban J connectivity index is 1.39. The van der Waals surface area contributed by atoms with Crippen molar-refractivity contribution < 1.29 is 48.4 Å². The normalized spacial score (nSPS) is 22.6. The number of nitrogens with zero attached hydrogens (tertiary/aromatic N) is 6. The molecule has 5 heterocycles. The van der Waals surface area contributed by atoms with Gasteiger partial charge in [-0.05, 0) is 79.1 Å². The molecule has 0 bridgehead atoms. The highest BCUT2D eigenvalue weighted by Gasteiger charge is 2.47. The SMILES string of the molecule is [2H]c1cc([2H])c([Si]2(c3c([2H])c([2H])c([2H])c(-c4nc(-n5c6c([2H])c([2H])c([2H])c([2H])c6c6c([2H])c([2H])c([2H])c([2H])c65)nc(-[n+]5c([2H])c([2H])c([2H])c([2H])c5[2H])n4)c3[2H])c3c([2H])c([2H])c([2H])c([2H])c3-n3c4c([2H])c([2H])c([2H])c([2H])c4c4c([2H])c([2H])c([2H])c2c43)c([2H])c1[2H]. The molecule has 0 spiro atoms. The molecule has 57 heavy (non-hydrogen) atoms. The Labute approximate surface area is 374 Å². The first-order chi connectivity index (χ1) is 41.6. The number of rotatable bonds is 5. The Morgan fingerprint density at radius 2 is 1.09 bits per heavy atom. The lowest BCUT2D eigenvalue weighted by atomic mass is 10.1. The van der Waals surface area contributed by atoms with E-state index in [0.29, 0.717) is 9.13 Å². The molecule has 12 rings (SSSR count). The highest BCUT2D eigenvalue weighted by molar-refractivity contribution is 7.21. The summed E-state index contributed by atoms with van der Waals surface area (Å²) in [7, 11) is -6.19. The molecular formula is C50H33N6Si+. The van der Waals surface area contributed by atoms with Gasteiger partial charge in [-0.1, -0.05) is 139 Å². The molecule has 0 saturated carbocycles. The predicted molar refractivity (Wildman–Crippen MR) is 233 cm³/mol. The van der Waals surface area contributed by atoms with Gasteiger partial charge >= 0.3 is 11.9 Å². The summed E-state index contributed by atoms with van der Waals surface area (Å²) in [4.78, 5) is 13.3. The molecule has 0 amide bonds. The van der Waals surface area contributed by atoms with Crippen molar-refractivity contribution in [2.45, 2.75) is 0 Å². The van der Waals surface area contributed by atoms with Crippen molar-refractivity contribution in [3.63, 3.8) is 0 Å². The number of fused-ring (bicyclic) bond motifs is 8. The molecule has 6 nitrogen and oxygen atoms in total. The lowest BCUT2D eigenvalue weighted by molar-refractivity contribution is -0.603. The number of hydrogen-bond donors (Lipinski definition) is 0. The van der Waals surface area contributed by atoms with Crippen molar-refractivity contribution in [1.82, 2.24) is 24.1 Å². The second-order valence-corrected chi connectivity index (χ2v) is 15.8. The van der Waals surface area contributed by atoms with Gasteiger partial charge in [0.1, 0.15) is 2.74 Å². The summed E-state index contributed by atoms with van der Waals surface area (Å²) in [5.74, 6) is -3.19. The van der Waals surface area contributed by atoms with E-state index in [1.165, 1.54) is 0 Å². The zero-order valence-electron chi connectivity index (χ0n) is 60.3. The van der Waals surface area contributed by atoms with E-state index in [9.17, 15) is 21.9 Å². The van der Waals surface area contributed by atoms with Gasteiger partial charge in [0.15, 0.2) is 8.07 Å². The van der Waals surface area contributed by atoms with E-state index < -0.39 is 295 Å². The van der Waals surface area contributed by atoms with Crippen molar-refractivity contribution in [2.24, 2.45) is 0 Å². The largest absolute Gasteiger partial charge is 0.443 e. The molecule has 7 heteroatoms. The van der Waals surface area contributed by atoms with Gasteiger partial charge < -0.3 is 4.57 Å². The number of pyridine rings is 1. The fourth-order valence-corrected chi connectivity index (χ4v) is 11.5. The molecule has 266 valence electrons. The number of benzene rings is 7. The van der Waals surface area contributed by atoms with Crippen molar-refractivity contribution >= 4 is 72.4 Å². The zero-order valence-corrected chi connectivity index (χ0v) is 29.3. The molecule has 7 aromatic carbocycles. The van der Waals surface area contributed by atoms with Crippen LogP contribution in [0.4, 0.5) is 0 Å². The van der Waals surface area contributed by atoms with Crippen LogP contribution in [0.25, 0.3) is 72.6 Å². The summed E-state index contributed by atoms with van der Waals surface area (Å²) >= 11 is 0. The predicted octanol–water partition coefficient (Wildman–Crippen LogP) is 7.70.